The van der Waals surface area contributed by atoms with Gasteiger partial charge < -0.3 is 0 Å². The number of nitrogens with zero attached hydrogens (tertiary/aromatic N) is 4. The summed E-state index contributed by atoms with van der Waals surface area (Å²) in [5.41, 5.74) is 2.92. The SMILES string of the molecule is Cc1ccc(-n2ccc(-c3ccccc3)n2)nn1. The van der Waals surface area contributed by atoms with Crippen LogP contribution in [0.4, 0.5) is 0 Å². The van der Waals surface area contributed by atoms with Gasteiger partial charge in [-0.05, 0) is 25.1 Å². The molecule has 3 rings (SSSR count). The van der Waals surface area contributed by atoms with Crippen LogP contribution in [0.1, 0.15) is 5.69 Å². The molecule has 88 valence electrons. The second-order valence-corrected chi connectivity index (χ2v) is 4.04. The number of aromatic nitrogens is 4. The van der Waals surface area contributed by atoms with Crippen LogP contribution in [0.5, 0.6) is 0 Å². The van der Waals surface area contributed by atoms with E-state index in [0.29, 0.717) is 0 Å². The lowest BCUT2D eigenvalue weighted by molar-refractivity contribution is 0.808. The van der Waals surface area contributed by atoms with Crippen molar-refractivity contribution in [1.82, 2.24) is 20.0 Å². The van der Waals surface area contributed by atoms with Crippen molar-refractivity contribution in [3.63, 3.8) is 0 Å². The van der Waals surface area contributed by atoms with E-state index in [-0.39, 0.29) is 0 Å². The Hall–Kier alpha value is -2.49. The molecule has 2 heterocycles. The molecule has 0 aliphatic heterocycles. The first kappa shape index (κ1) is 10.7. The van der Waals surface area contributed by atoms with Gasteiger partial charge in [-0.15, -0.1) is 5.10 Å². The molecule has 0 unspecified atom stereocenters. The maximum absolute atomic E-state index is 4.49. The summed E-state index contributed by atoms with van der Waals surface area (Å²) in [6.45, 7) is 1.91. The fourth-order valence-electron chi connectivity index (χ4n) is 1.73. The maximum Gasteiger partial charge on any atom is 0.175 e. The molecule has 1 aromatic carbocycles. The molecule has 0 aliphatic carbocycles. The zero-order chi connectivity index (χ0) is 12.4. The predicted molar refractivity (Wildman–Crippen MR) is 69.3 cm³/mol. The Balaban J connectivity index is 1.97. The van der Waals surface area contributed by atoms with Crippen molar-refractivity contribution in [3.8, 4) is 17.1 Å². The van der Waals surface area contributed by atoms with Gasteiger partial charge in [0.25, 0.3) is 0 Å². The normalized spacial score (nSPS) is 10.5. The van der Waals surface area contributed by atoms with Gasteiger partial charge in [-0.25, -0.2) is 4.68 Å². The summed E-state index contributed by atoms with van der Waals surface area (Å²) in [7, 11) is 0. The summed E-state index contributed by atoms with van der Waals surface area (Å²) in [6, 6.07) is 15.9. The summed E-state index contributed by atoms with van der Waals surface area (Å²) in [5, 5.41) is 12.6. The highest BCUT2D eigenvalue weighted by Crippen LogP contribution is 2.17. The van der Waals surface area contributed by atoms with Crippen LogP contribution in [0.25, 0.3) is 17.1 Å². The van der Waals surface area contributed by atoms with Gasteiger partial charge in [0.15, 0.2) is 5.82 Å². The summed E-state index contributed by atoms with van der Waals surface area (Å²) < 4.78 is 1.73. The fourth-order valence-corrected chi connectivity index (χ4v) is 1.73. The van der Waals surface area contributed by atoms with Gasteiger partial charge in [0.1, 0.15) is 0 Å². The van der Waals surface area contributed by atoms with E-state index in [0.717, 1.165) is 22.8 Å². The first-order chi connectivity index (χ1) is 8.83. The van der Waals surface area contributed by atoms with Crippen LogP contribution in [0.15, 0.2) is 54.7 Å². The Labute approximate surface area is 105 Å². The number of hydrogen-bond donors (Lipinski definition) is 0. The van der Waals surface area contributed by atoms with Crippen molar-refractivity contribution in [3.05, 3.63) is 60.4 Å². The Morgan fingerprint density at radius 2 is 1.72 bits per heavy atom. The van der Waals surface area contributed by atoms with E-state index in [1.807, 2.05) is 61.7 Å². The molecule has 0 amide bonds. The Kier molecular flexibility index (Phi) is 2.61. The zero-order valence-electron chi connectivity index (χ0n) is 9.99. The number of aryl methyl sites for hydroxylation is 1. The highest BCUT2D eigenvalue weighted by atomic mass is 15.3. The molecule has 0 saturated carbocycles. The van der Waals surface area contributed by atoms with Crippen molar-refractivity contribution in [2.24, 2.45) is 0 Å². The van der Waals surface area contributed by atoms with Crippen molar-refractivity contribution in [1.29, 1.82) is 0 Å². The summed E-state index contributed by atoms with van der Waals surface area (Å²) in [4.78, 5) is 0. The quantitative estimate of drug-likeness (QED) is 0.687. The second kappa shape index (κ2) is 4.41. The maximum atomic E-state index is 4.49. The van der Waals surface area contributed by atoms with Gasteiger partial charge in [0, 0.05) is 11.8 Å². The summed E-state index contributed by atoms with van der Waals surface area (Å²) in [5.74, 6) is 0.725. The molecule has 4 nitrogen and oxygen atoms in total. The minimum atomic E-state index is 0.725. The van der Waals surface area contributed by atoms with E-state index >= 15 is 0 Å². The van der Waals surface area contributed by atoms with Crippen molar-refractivity contribution < 1.29 is 0 Å². The third-order valence-electron chi connectivity index (χ3n) is 2.68. The predicted octanol–water partition coefficient (Wildman–Crippen LogP) is 2.64. The van der Waals surface area contributed by atoms with Gasteiger partial charge in [0.2, 0.25) is 0 Å². The van der Waals surface area contributed by atoms with Crippen LogP contribution in [0.2, 0.25) is 0 Å². The molecule has 0 atom stereocenters. The lowest BCUT2D eigenvalue weighted by Gasteiger charge is -1.99. The molecule has 0 saturated heterocycles. The van der Waals surface area contributed by atoms with Gasteiger partial charge in [-0.1, -0.05) is 30.3 Å². The van der Waals surface area contributed by atoms with Crippen LogP contribution in [0, 0.1) is 6.92 Å². The van der Waals surface area contributed by atoms with E-state index < -0.39 is 0 Å². The highest BCUT2D eigenvalue weighted by Gasteiger charge is 2.04. The van der Waals surface area contributed by atoms with Crippen LogP contribution < -0.4 is 0 Å². The minimum Gasteiger partial charge on any atom is -0.220 e. The third kappa shape index (κ3) is 2.00. The van der Waals surface area contributed by atoms with Crippen molar-refractivity contribution in [2.45, 2.75) is 6.92 Å². The molecule has 0 radical (unpaired) electrons. The molecule has 4 heteroatoms. The first-order valence-electron chi connectivity index (χ1n) is 5.75. The lowest BCUT2D eigenvalue weighted by Crippen LogP contribution is -2.00. The molecule has 0 bridgehead atoms. The van der Waals surface area contributed by atoms with Gasteiger partial charge in [0.05, 0.1) is 11.4 Å². The molecule has 0 aliphatic rings. The van der Waals surface area contributed by atoms with Crippen molar-refractivity contribution in [2.75, 3.05) is 0 Å². The highest BCUT2D eigenvalue weighted by molar-refractivity contribution is 5.58. The molecule has 0 spiro atoms. The lowest BCUT2D eigenvalue weighted by atomic mass is 10.2. The Morgan fingerprint density at radius 1 is 0.889 bits per heavy atom. The summed E-state index contributed by atoms with van der Waals surface area (Å²) >= 11 is 0. The molecular formula is C14H12N4. The third-order valence-corrected chi connectivity index (χ3v) is 2.68. The van der Waals surface area contributed by atoms with E-state index in [1.165, 1.54) is 0 Å². The minimum absolute atomic E-state index is 0.725. The molecule has 2 aromatic heterocycles. The van der Waals surface area contributed by atoms with E-state index in [2.05, 4.69) is 15.3 Å². The average molecular weight is 236 g/mol. The van der Waals surface area contributed by atoms with Gasteiger partial charge >= 0.3 is 0 Å². The molecule has 3 aromatic rings. The largest absolute Gasteiger partial charge is 0.220 e. The van der Waals surface area contributed by atoms with E-state index in [4.69, 9.17) is 0 Å². The van der Waals surface area contributed by atoms with Gasteiger partial charge in [-0.3, -0.25) is 0 Å². The number of hydrogen-bond acceptors (Lipinski definition) is 3. The summed E-state index contributed by atoms with van der Waals surface area (Å²) in [6.07, 6.45) is 1.89. The van der Waals surface area contributed by atoms with Crippen molar-refractivity contribution >= 4 is 0 Å². The smallest absolute Gasteiger partial charge is 0.175 e. The number of benzene rings is 1. The standard InChI is InChI=1S/C14H12N4/c1-11-7-8-14(16-15-11)18-10-9-13(17-18)12-5-3-2-4-6-12/h2-10H,1H3. The average Bonchev–Trinajstić information content (AvgIpc) is 2.90. The van der Waals surface area contributed by atoms with E-state index in [9.17, 15) is 0 Å². The first-order valence-corrected chi connectivity index (χ1v) is 5.75. The fraction of sp³-hybridized carbons (Fsp3) is 0.0714. The molecule has 0 fully saturated rings. The molecular weight excluding hydrogens is 224 g/mol. The Morgan fingerprint density at radius 3 is 2.44 bits per heavy atom. The molecule has 0 N–H and O–H groups in total. The van der Waals surface area contributed by atoms with Crippen LogP contribution in [-0.4, -0.2) is 20.0 Å². The van der Waals surface area contributed by atoms with Gasteiger partial charge in [-0.2, -0.15) is 10.2 Å². The zero-order valence-corrected chi connectivity index (χ0v) is 9.99. The topological polar surface area (TPSA) is 43.6 Å². The van der Waals surface area contributed by atoms with Crippen LogP contribution in [0.3, 0.4) is 0 Å². The molecule has 18 heavy (non-hydrogen) atoms. The van der Waals surface area contributed by atoms with Crippen LogP contribution in [-0.2, 0) is 0 Å². The van der Waals surface area contributed by atoms with Crippen LogP contribution >= 0.6 is 0 Å². The second-order valence-electron chi connectivity index (χ2n) is 4.04. The van der Waals surface area contributed by atoms with E-state index in [1.54, 1.807) is 4.68 Å². The Bertz CT molecular complexity index is 641. The monoisotopic (exact) mass is 236 g/mol. The number of rotatable bonds is 2.